The van der Waals surface area contributed by atoms with E-state index in [0.717, 1.165) is 37.6 Å². The lowest BCUT2D eigenvalue weighted by Crippen LogP contribution is -2.21. The Labute approximate surface area is 113 Å². The van der Waals surface area contributed by atoms with Gasteiger partial charge in [0.15, 0.2) is 0 Å². The van der Waals surface area contributed by atoms with E-state index in [1.807, 2.05) is 18.0 Å². The lowest BCUT2D eigenvalue weighted by Gasteiger charge is -2.17. The summed E-state index contributed by atoms with van der Waals surface area (Å²) in [6.45, 7) is 2.30. The van der Waals surface area contributed by atoms with Gasteiger partial charge in [-0.05, 0) is 12.8 Å². The largest absolute Gasteiger partial charge is 0.376 e. The molecule has 2 heterocycles. The van der Waals surface area contributed by atoms with Crippen LogP contribution < -0.4 is 10.2 Å². The van der Waals surface area contributed by atoms with Crippen molar-refractivity contribution in [3.8, 4) is 6.07 Å². The zero-order chi connectivity index (χ0) is 13.5. The van der Waals surface area contributed by atoms with Crippen LogP contribution in [0.2, 0.25) is 0 Å². The molecule has 2 rings (SSSR count). The molecule has 0 aliphatic carbocycles. The summed E-state index contributed by atoms with van der Waals surface area (Å²) >= 11 is 0. The van der Waals surface area contributed by atoms with Gasteiger partial charge in [-0.3, -0.25) is 0 Å². The van der Waals surface area contributed by atoms with E-state index in [1.54, 1.807) is 0 Å². The molecule has 1 aliphatic heterocycles. The van der Waals surface area contributed by atoms with Crippen LogP contribution in [-0.2, 0) is 4.74 Å². The van der Waals surface area contributed by atoms with Crippen LogP contribution in [0.15, 0.2) is 12.4 Å². The van der Waals surface area contributed by atoms with Crippen molar-refractivity contribution in [2.24, 2.45) is 0 Å². The maximum Gasteiger partial charge on any atom is 0.133 e. The molecule has 19 heavy (non-hydrogen) atoms. The third-order valence-corrected chi connectivity index (χ3v) is 3.14. The molecule has 6 nitrogen and oxygen atoms in total. The first-order valence-corrected chi connectivity index (χ1v) is 6.55. The van der Waals surface area contributed by atoms with E-state index in [-0.39, 0.29) is 6.10 Å². The highest BCUT2D eigenvalue weighted by atomic mass is 16.5. The minimum atomic E-state index is 0.287. The van der Waals surface area contributed by atoms with Crippen LogP contribution >= 0.6 is 0 Å². The molecule has 0 saturated carbocycles. The average Bonchev–Trinajstić information content (AvgIpc) is 2.96. The van der Waals surface area contributed by atoms with Crippen LogP contribution in [0.1, 0.15) is 19.3 Å². The summed E-state index contributed by atoms with van der Waals surface area (Å²) in [6.07, 6.45) is 4.55. The first-order valence-electron chi connectivity index (χ1n) is 6.55. The number of aromatic nitrogens is 2. The maximum atomic E-state index is 8.59. The number of nitrogens with zero attached hydrogens (tertiary/aromatic N) is 4. The van der Waals surface area contributed by atoms with E-state index in [9.17, 15) is 0 Å². The van der Waals surface area contributed by atoms with Crippen LogP contribution in [0.5, 0.6) is 0 Å². The highest BCUT2D eigenvalue weighted by Crippen LogP contribution is 2.15. The number of hydrogen-bond acceptors (Lipinski definition) is 6. The molecule has 1 aromatic rings. The van der Waals surface area contributed by atoms with Gasteiger partial charge < -0.3 is 15.0 Å². The summed E-state index contributed by atoms with van der Waals surface area (Å²) in [5.74, 6) is 1.62. The lowest BCUT2D eigenvalue weighted by atomic mass is 10.2. The molecule has 1 N–H and O–H groups in total. The number of nitriles is 1. The summed E-state index contributed by atoms with van der Waals surface area (Å²) in [5, 5.41) is 11.9. The van der Waals surface area contributed by atoms with Crippen LogP contribution in [0.3, 0.4) is 0 Å². The first kappa shape index (κ1) is 13.6. The second kappa shape index (κ2) is 6.90. The maximum absolute atomic E-state index is 8.59. The number of ether oxygens (including phenoxy) is 1. The summed E-state index contributed by atoms with van der Waals surface area (Å²) < 4.78 is 5.55. The van der Waals surface area contributed by atoms with Crippen LogP contribution in [0.25, 0.3) is 0 Å². The Morgan fingerprint density at radius 2 is 2.47 bits per heavy atom. The molecule has 1 aliphatic rings. The third kappa shape index (κ3) is 4.07. The molecule has 0 aromatic carbocycles. The van der Waals surface area contributed by atoms with E-state index in [2.05, 4.69) is 21.4 Å². The van der Waals surface area contributed by atoms with E-state index in [0.29, 0.717) is 13.0 Å². The van der Waals surface area contributed by atoms with Crippen LogP contribution in [0, 0.1) is 11.3 Å². The molecule has 0 spiro atoms. The normalized spacial score (nSPS) is 18.0. The van der Waals surface area contributed by atoms with Crippen LogP contribution in [-0.4, -0.2) is 42.8 Å². The van der Waals surface area contributed by atoms with Crippen molar-refractivity contribution >= 4 is 11.6 Å². The Hall–Kier alpha value is -1.87. The van der Waals surface area contributed by atoms with Crippen molar-refractivity contribution in [1.29, 1.82) is 5.26 Å². The third-order valence-electron chi connectivity index (χ3n) is 3.14. The highest BCUT2D eigenvalue weighted by Gasteiger charge is 2.15. The minimum absolute atomic E-state index is 0.287. The molecule has 1 atom stereocenters. The molecule has 0 radical (unpaired) electrons. The van der Waals surface area contributed by atoms with Crippen molar-refractivity contribution < 1.29 is 4.74 Å². The van der Waals surface area contributed by atoms with E-state index < -0.39 is 0 Å². The minimum Gasteiger partial charge on any atom is -0.376 e. The zero-order valence-electron chi connectivity index (χ0n) is 11.2. The number of nitrogens with one attached hydrogen (secondary N) is 1. The van der Waals surface area contributed by atoms with Gasteiger partial charge in [0.2, 0.25) is 0 Å². The average molecular weight is 261 g/mol. The monoisotopic (exact) mass is 261 g/mol. The van der Waals surface area contributed by atoms with E-state index in [4.69, 9.17) is 10.00 Å². The van der Waals surface area contributed by atoms with Gasteiger partial charge in [-0.25, -0.2) is 9.97 Å². The second-order valence-corrected chi connectivity index (χ2v) is 4.61. The Morgan fingerprint density at radius 1 is 1.58 bits per heavy atom. The molecule has 0 amide bonds. The Morgan fingerprint density at radius 3 is 3.21 bits per heavy atom. The molecule has 6 heteroatoms. The molecular weight excluding hydrogens is 242 g/mol. The van der Waals surface area contributed by atoms with Crippen LogP contribution in [0.4, 0.5) is 11.6 Å². The molecule has 1 aromatic heterocycles. The van der Waals surface area contributed by atoms with Gasteiger partial charge in [-0.2, -0.15) is 5.26 Å². The van der Waals surface area contributed by atoms with E-state index >= 15 is 0 Å². The van der Waals surface area contributed by atoms with Crippen molar-refractivity contribution in [2.45, 2.75) is 25.4 Å². The predicted molar refractivity (Wildman–Crippen MR) is 73.0 cm³/mol. The highest BCUT2D eigenvalue weighted by molar-refractivity contribution is 5.47. The fraction of sp³-hybridized carbons (Fsp3) is 0.615. The fourth-order valence-corrected chi connectivity index (χ4v) is 2.01. The number of hydrogen-bond donors (Lipinski definition) is 1. The van der Waals surface area contributed by atoms with Gasteiger partial charge in [-0.15, -0.1) is 0 Å². The van der Waals surface area contributed by atoms with Gasteiger partial charge in [0.25, 0.3) is 0 Å². The van der Waals surface area contributed by atoms with Crippen molar-refractivity contribution in [3.63, 3.8) is 0 Å². The van der Waals surface area contributed by atoms with Crippen molar-refractivity contribution in [1.82, 2.24) is 9.97 Å². The van der Waals surface area contributed by atoms with Crippen molar-refractivity contribution in [2.75, 3.05) is 37.0 Å². The Bertz CT molecular complexity index is 439. The van der Waals surface area contributed by atoms with Gasteiger partial charge in [0.05, 0.1) is 18.6 Å². The van der Waals surface area contributed by atoms with E-state index in [1.165, 1.54) is 6.33 Å². The lowest BCUT2D eigenvalue weighted by molar-refractivity contribution is 0.120. The Kier molecular flexibility index (Phi) is 4.93. The quantitative estimate of drug-likeness (QED) is 0.834. The second-order valence-electron chi connectivity index (χ2n) is 4.61. The molecule has 102 valence electrons. The predicted octanol–water partition coefficient (Wildman–Crippen LogP) is 1.42. The smallest absolute Gasteiger partial charge is 0.133 e. The van der Waals surface area contributed by atoms with Gasteiger partial charge in [-0.1, -0.05) is 0 Å². The first-order chi connectivity index (χ1) is 9.29. The van der Waals surface area contributed by atoms with Gasteiger partial charge >= 0.3 is 0 Å². The number of rotatable bonds is 6. The molecule has 1 unspecified atom stereocenters. The summed E-state index contributed by atoms with van der Waals surface area (Å²) in [6, 6.07) is 4.02. The molecule has 1 saturated heterocycles. The number of anilines is 2. The summed E-state index contributed by atoms with van der Waals surface area (Å²) in [4.78, 5) is 10.3. The molecule has 1 fully saturated rings. The van der Waals surface area contributed by atoms with Gasteiger partial charge in [0, 0.05) is 32.8 Å². The fourth-order valence-electron chi connectivity index (χ4n) is 2.01. The van der Waals surface area contributed by atoms with Crippen molar-refractivity contribution in [3.05, 3.63) is 12.4 Å². The SMILES string of the molecule is CN(CCC#N)c1cc(NCC2CCCO2)ncn1. The standard InChI is InChI=1S/C13H19N5O/c1-18(6-3-5-14)13-8-12(16-10-17-13)15-9-11-4-2-7-19-11/h8,10-11H,2-4,6-7,9H2,1H3,(H,15,16,17). The zero-order valence-corrected chi connectivity index (χ0v) is 11.2. The molecular formula is C13H19N5O. The molecule has 0 bridgehead atoms. The van der Waals surface area contributed by atoms with Gasteiger partial charge in [0.1, 0.15) is 18.0 Å². The Balaban J connectivity index is 1.88. The topological polar surface area (TPSA) is 74.1 Å². The summed E-state index contributed by atoms with van der Waals surface area (Å²) in [7, 11) is 1.92. The summed E-state index contributed by atoms with van der Waals surface area (Å²) in [5.41, 5.74) is 0.